The Bertz CT molecular complexity index is 757. The van der Waals surface area contributed by atoms with Crippen molar-refractivity contribution >= 4 is 11.7 Å². The maximum Gasteiger partial charge on any atom is 0.267 e. The summed E-state index contributed by atoms with van der Waals surface area (Å²) in [5.74, 6) is 1.50. The molecule has 2 aromatic rings. The van der Waals surface area contributed by atoms with E-state index in [4.69, 9.17) is 10.5 Å². The number of carbonyl (C=O) groups is 1. The number of pyridine rings is 1. The molecule has 0 radical (unpaired) electrons. The van der Waals surface area contributed by atoms with Crippen molar-refractivity contribution in [1.29, 1.82) is 0 Å². The number of piperidine rings is 1. The highest BCUT2D eigenvalue weighted by Crippen LogP contribution is 2.23. The molecule has 25 heavy (non-hydrogen) atoms. The monoisotopic (exact) mass is 341 g/mol. The number of ether oxygens (including phenoxy) is 1. The lowest BCUT2D eigenvalue weighted by Crippen LogP contribution is -2.36. The lowest BCUT2D eigenvalue weighted by molar-refractivity contribution is 0.0995. The predicted molar refractivity (Wildman–Crippen MR) is 94.7 cm³/mol. The third-order valence-electron chi connectivity index (χ3n) is 4.63. The summed E-state index contributed by atoms with van der Waals surface area (Å²) >= 11 is 0. The van der Waals surface area contributed by atoms with Crippen molar-refractivity contribution in [2.75, 3.05) is 24.6 Å². The number of aryl methyl sites for hydroxylation is 2. The Labute approximate surface area is 147 Å². The fourth-order valence-electron chi connectivity index (χ4n) is 2.87. The van der Waals surface area contributed by atoms with Crippen molar-refractivity contribution < 1.29 is 9.53 Å². The van der Waals surface area contributed by atoms with Crippen LogP contribution in [0.2, 0.25) is 0 Å². The van der Waals surface area contributed by atoms with Crippen molar-refractivity contribution in [3.63, 3.8) is 0 Å². The molecule has 7 nitrogen and oxygen atoms in total. The lowest BCUT2D eigenvalue weighted by atomic mass is 9.98. The second kappa shape index (κ2) is 7.46. The summed E-state index contributed by atoms with van der Waals surface area (Å²) in [6.45, 7) is 6.53. The van der Waals surface area contributed by atoms with E-state index < -0.39 is 5.91 Å². The van der Waals surface area contributed by atoms with Gasteiger partial charge in [-0.3, -0.25) is 9.78 Å². The van der Waals surface area contributed by atoms with Gasteiger partial charge >= 0.3 is 0 Å². The number of aromatic nitrogens is 3. The van der Waals surface area contributed by atoms with Crippen molar-refractivity contribution in [2.24, 2.45) is 11.7 Å². The molecule has 3 rings (SSSR count). The minimum absolute atomic E-state index is 0.223. The Morgan fingerprint density at radius 1 is 1.28 bits per heavy atom. The number of anilines is 1. The molecule has 0 saturated carbocycles. The normalized spacial score (nSPS) is 15.2. The number of hydrogen-bond acceptors (Lipinski definition) is 6. The van der Waals surface area contributed by atoms with Crippen LogP contribution in [0.15, 0.2) is 24.4 Å². The summed E-state index contributed by atoms with van der Waals surface area (Å²) in [6, 6.07) is 5.43. The van der Waals surface area contributed by atoms with Crippen LogP contribution in [0.25, 0.3) is 0 Å². The molecular formula is C18H23N5O2. The zero-order chi connectivity index (χ0) is 17.8. The van der Waals surface area contributed by atoms with Gasteiger partial charge in [-0.05, 0) is 50.3 Å². The van der Waals surface area contributed by atoms with E-state index in [-0.39, 0.29) is 5.69 Å². The van der Waals surface area contributed by atoms with Crippen LogP contribution in [-0.2, 0) is 0 Å². The molecule has 1 amide bonds. The van der Waals surface area contributed by atoms with Gasteiger partial charge in [-0.15, -0.1) is 5.10 Å². The minimum atomic E-state index is -0.548. The van der Waals surface area contributed by atoms with Crippen LogP contribution in [0.4, 0.5) is 5.82 Å². The molecule has 0 spiro atoms. The number of rotatable bonds is 5. The standard InChI is InChI=1S/C18H23N5O2/c1-12-9-17(22-21-13(12)2)23-7-4-14(5-8-23)11-25-15-3-6-20-16(10-15)18(19)24/h3,6,9-10,14H,4-5,7-8,11H2,1-2H3,(H2,19,24). The van der Waals surface area contributed by atoms with Gasteiger partial charge in [0.25, 0.3) is 5.91 Å². The molecule has 1 saturated heterocycles. The van der Waals surface area contributed by atoms with Crippen LogP contribution in [0, 0.1) is 19.8 Å². The fourth-order valence-corrected chi connectivity index (χ4v) is 2.87. The van der Waals surface area contributed by atoms with Crippen LogP contribution in [0.5, 0.6) is 5.75 Å². The highest BCUT2D eigenvalue weighted by Gasteiger charge is 2.21. The summed E-state index contributed by atoms with van der Waals surface area (Å²) in [5.41, 5.74) is 7.60. The van der Waals surface area contributed by atoms with E-state index in [1.165, 1.54) is 11.8 Å². The molecule has 0 bridgehead atoms. The number of hydrogen-bond donors (Lipinski definition) is 1. The molecule has 7 heteroatoms. The van der Waals surface area contributed by atoms with Crippen LogP contribution >= 0.6 is 0 Å². The highest BCUT2D eigenvalue weighted by atomic mass is 16.5. The van der Waals surface area contributed by atoms with E-state index in [0.717, 1.165) is 37.4 Å². The maximum atomic E-state index is 11.2. The van der Waals surface area contributed by atoms with Crippen molar-refractivity contribution in [1.82, 2.24) is 15.2 Å². The number of nitrogens with zero attached hydrogens (tertiary/aromatic N) is 4. The first kappa shape index (κ1) is 17.1. The molecule has 0 atom stereocenters. The smallest absolute Gasteiger partial charge is 0.267 e. The van der Waals surface area contributed by atoms with Gasteiger partial charge in [0.05, 0.1) is 12.3 Å². The van der Waals surface area contributed by atoms with Crippen LogP contribution in [0.1, 0.15) is 34.6 Å². The average Bonchev–Trinajstić information content (AvgIpc) is 2.63. The lowest BCUT2D eigenvalue weighted by Gasteiger charge is -2.32. The van der Waals surface area contributed by atoms with Crippen molar-refractivity contribution in [2.45, 2.75) is 26.7 Å². The first-order valence-electron chi connectivity index (χ1n) is 8.47. The summed E-state index contributed by atoms with van der Waals surface area (Å²) < 4.78 is 5.82. The molecule has 2 aromatic heterocycles. The van der Waals surface area contributed by atoms with E-state index in [1.807, 2.05) is 6.92 Å². The summed E-state index contributed by atoms with van der Waals surface area (Å²) in [7, 11) is 0. The second-order valence-electron chi connectivity index (χ2n) is 6.45. The summed E-state index contributed by atoms with van der Waals surface area (Å²) in [4.78, 5) is 17.4. The third kappa shape index (κ3) is 4.23. The molecule has 132 valence electrons. The van der Waals surface area contributed by atoms with Gasteiger partial charge in [0, 0.05) is 25.4 Å². The van der Waals surface area contributed by atoms with E-state index in [2.05, 4.69) is 33.1 Å². The zero-order valence-corrected chi connectivity index (χ0v) is 14.6. The molecule has 1 aliphatic heterocycles. The average molecular weight is 341 g/mol. The Morgan fingerprint density at radius 2 is 2.04 bits per heavy atom. The van der Waals surface area contributed by atoms with E-state index in [0.29, 0.717) is 18.3 Å². The third-order valence-corrected chi connectivity index (χ3v) is 4.63. The van der Waals surface area contributed by atoms with Gasteiger partial charge in [0.15, 0.2) is 5.82 Å². The number of nitrogens with two attached hydrogens (primary N) is 1. The Balaban J connectivity index is 1.52. The molecule has 1 aliphatic rings. The first-order chi connectivity index (χ1) is 12.0. The van der Waals surface area contributed by atoms with E-state index in [9.17, 15) is 4.79 Å². The summed E-state index contributed by atoms with van der Waals surface area (Å²) in [5, 5.41) is 8.51. The molecule has 1 fully saturated rings. The minimum Gasteiger partial charge on any atom is -0.493 e. The number of amides is 1. The van der Waals surface area contributed by atoms with Crippen LogP contribution in [-0.4, -0.2) is 40.8 Å². The van der Waals surface area contributed by atoms with Crippen molar-refractivity contribution in [3.8, 4) is 5.75 Å². The summed E-state index contributed by atoms with van der Waals surface area (Å²) in [6.07, 6.45) is 3.60. The predicted octanol–water partition coefficient (Wildman–Crippen LogP) is 1.88. The van der Waals surface area contributed by atoms with Gasteiger partial charge in [-0.1, -0.05) is 0 Å². The molecule has 3 heterocycles. The van der Waals surface area contributed by atoms with Crippen molar-refractivity contribution in [3.05, 3.63) is 41.3 Å². The maximum absolute atomic E-state index is 11.2. The highest BCUT2D eigenvalue weighted by molar-refractivity contribution is 5.91. The molecule has 0 aromatic carbocycles. The van der Waals surface area contributed by atoms with Gasteiger partial charge in [0.2, 0.25) is 0 Å². The van der Waals surface area contributed by atoms with Gasteiger partial charge in [0.1, 0.15) is 11.4 Å². The quantitative estimate of drug-likeness (QED) is 0.892. The Kier molecular flexibility index (Phi) is 5.11. The molecule has 0 unspecified atom stereocenters. The number of primary amides is 1. The van der Waals surface area contributed by atoms with Crippen LogP contribution < -0.4 is 15.4 Å². The molecule has 2 N–H and O–H groups in total. The fraction of sp³-hybridized carbons (Fsp3) is 0.444. The second-order valence-corrected chi connectivity index (χ2v) is 6.45. The SMILES string of the molecule is Cc1cc(N2CCC(COc3ccnc(C(N)=O)c3)CC2)nnc1C. The topological polar surface area (TPSA) is 94.2 Å². The molecule has 0 aliphatic carbocycles. The number of carbonyl (C=O) groups excluding carboxylic acids is 1. The Morgan fingerprint density at radius 3 is 2.72 bits per heavy atom. The van der Waals surface area contributed by atoms with E-state index >= 15 is 0 Å². The Hall–Kier alpha value is -2.70. The first-order valence-corrected chi connectivity index (χ1v) is 8.47. The van der Waals surface area contributed by atoms with Gasteiger partial charge < -0.3 is 15.4 Å². The van der Waals surface area contributed by atoms with Crippen LogP contribution in [0.3, 0.4) is 0 Å². The van der Waals surface area contributed by atoms with Gasteiger partial charge in [-0.2, -0.15) is 5.10 Å². The zero-order valence-electron chi connectivity index (χ0n) is 14.6. The van der Waals surface area contributed by atoms with Gasteiger partial charge in [-0.25, -0.2) is 0 Å². The molecular weight excluding hydrogens is 318 g/mol. The largest absolute Gasteiger partial charge is 0.493 e. The van der Waals surface area contributed by atoms with E-state index in [1.54, 1.807) is 12.1 Å².